The van der Waals surface area contributed by atoms with Crippen LogP contribution in [0.5, 0.6) is 0 Å². The zero-order chi connectivity index (χ0) is 10.7. The number of nitrogens with zero attached hydrogens (tertiary/aromatic N) is 1. The number of likely N-dealkylation sites (tertiary alicyclic amines) is 1. The molecule has 0 aromatic carbocycles. The third-order valence-electron chi connectivity index (χ3n) is 3.96. The smallest absolute Gasteiger partial charge is 0.0541 e. The molecule has 2 N–H and O–H groups in total. The van der Waals surface area contributed by atoms with Gasteiger partial charge in [0.2, 0.25) is 0 Å². The summed E-state index contributed by atoms with van der Waals surface area (Å²) in [6.07, 6.45) is 4.91. The van der Waals surface area contributed by atoms with Crippen LogP contribution in [0.2, 0.25) is 0 Å². The second-order valence-corrected chi connectivity index (χ2v) is 5.17. The second kappa shape index (κ2) is 5.28. The summed E-state index contributed by atoms with van der Waals surface area (Å²) in [6.45, 7) is 6.70. The van der Waals surface area contributed by atoms with Gasteiger partial charge in [0, 0.05) is 12.6 Å². The lowest BCUT2D eigenvalue weighted by molar-refractivity contribution is 0.0693. The van der Waals surface area contributed by atoms with Crippen LogP contribution >= 0.6 is 0 Å². The third kappa shape index (κ3) is 3.16. The molecule has 2 unspecified atom stereocenters. The van der Waals surface area contributed by atoms with Crippen molar-refractivity contribution in [1.29, 1.82) is 0 Å². The zero-order valence-corrected chi connectivity index (χ0v) is 9.78. The Balaban J connectivity index is 1.68. The largest absolute Gasteiger partial charge is 0.393 e. The molecule has 2 fully saturated rings. The summed E-state index contributed by atoms with van der Waals surface area (Å²) in [5, 5.41) is 13.1. The summed E-state index contributed by atoms with van der Waals surface area (Å²) in [5.41, 5.74) is 0. The number of hydrogen-bond donors (Lipinski definition) is 2. The summed E-state index contributed by atoms with van der Waals surface area (Å²) in [6, 6.07) is 0.730. The molecular formula is C12H24N2O. The number of aliphatic hydroxyl groups is 1. The van der Waals surface area contributed by atoms with E-state index in [9.17, 15) is 5.11 Å². The monoisotopic (exact) mass is 212 g/mol. The van der Waals surface area contributed by atoms with Gasteiger partial charge in [-0.1, -0.05) is 0 Å². The van der Waals surface area contributed by atoms with Crippen molar-refractivity contribution in [2.75, 3.05) is 26.2 Å². The van der Waals surface area contributed by atoms with Gasteiger partial charge >= 0.3 is 0 Å². The number of hydrogen-bond acceptors (Lipinski definition) is 3. The highest BCUT2D eigenvalue weighted by Crippen LogP contribution is 2.21. The van der Waals surface area contributed by atoms with E-state index in [-0.39, 0.29) is 6.10 Å². The lowest BCUT2D eigenvalue weighted by Gasteiger charge is -2.34. The lowest BCUT2D eigenvalue weighted by Crippen LogP contribution is -2.43. The van der Waals surface area contributed by atoms with Crippen molar-refractivity contribution in [3.05, 3.63) is 0 Å². The molecule has 2 heterocycles. The molecule has 0 aromatic heterocycles. The number of rotatable bonds is 3. The van der Waals surface area contributed by atoms with Gasteiger partial charge in [0.25, 0.3) is 0 Å². The molecule has 2 aliphatic heterocycles. The van der Waals surface area contributed by atoms with E-state index in [2.05, 4.69) is 10.2 Å². The van der Waals surface area contributed by atoms with E-state index in [0.717, 1.165) is 6.04 Å². The minimum Gasteiger partial charge on any atom is -0.393 e. The minimum absolute atomic E-state index is 0.114. The van der Waals surface area contributed by atoms with E-state index in [0.29, 0.717) is 5.92 Å². The number of nitrogens with one attached hydrogen (secondary N) is 1. The first-order chi connectivity index (χ1) is 7.25. The summed E-state index contributed by atoms with van der Waals surface area (Å²) in [7, 11) is 0. The fraction of sp³-hybridized carbons (Fsp3) is 1.00. The molecule has 2 atom stereocenters. The Bertz CT molecular complexity index is 182. The predicted octanol–water partition coefficient (Wildman–Crippen LogP) is 0.831. The Kier molecular flexibility index (Phi) is 4.00. The second-order valence-electron chi connectivity index (χ2n) is 5.17. The van der Waals surface area contributed by atoms with Gasteiger partial charge < -0.3 is 15.3 Å². The highest BCUT2D eigenvalue weighted by atomic mass is 16.3. The van der Waals surface area contributed by atoms with E-state index in [1.165, 1.54) is 51.9 Å². The molecule has 0 amide bonds. The molecule has 0 spiro atoms. The average molecular weight is 212 g/mol. The van der Waals surface area contributed by atoms with Gasteiger partial charge in [0.1, 0.15) is 0 Å². The Labute approximate surface area is 92.8 Å². The first-order valence-electron chi connectivity index (χ1n) is 6.39. The maximum atomic E-state index is 9.52. The molecule has 0 aromatic rings. The predicted molar refractivity (Wildman–Crippen MR) is 61.9 cm³/mol. The van der Waals surface area contributed by atoms with Crippen molar-refractivity contribution >= 4 is 0 Å². The molecule has 2 rings (SSSR count). The van der Waals surface area contributed by atoms with Crippen LogP contribution < -0.4 is 5.32 Å². The molecule has 0 bridgehead atoms. The standard InChI is InChI=1S/C12H24N2O/c1-10(15)11-4-7-14(8-5-11)9-12-3-2-6-13-12/h10-13,15H,2-9H2,1H3. The van der Waals surface area contributed by atoms with Crippen molar-refractivity contribution < 1.29 is 5.11 Å². The van der Waals surface area contributed by atoms with Gasteiger partial charge in [-0.05, 0) is 58.2 Å². The molecule has 0 radical (unpaired) electrons. The summed E-state index contributed by atoms with van der Waals surface area (Å²) in [4.78, 5) is 2.56. The van der Waals surface area contributed by atoms with Gasteiger partial charge in [-0.2, -0.15) is 0 Å². The van der Waals surface area contributed by atoms with Crippen LogP contribution in [-0.2, 0) is 0 Å². The van der Waals surface area contributed by atoms with Crippen LogP contribution in [-0.4, -0.2) is 48.3 Å². The van der Waals surface area contributed by atoms with Gasteiger partial charge in [0.05, 0.1) is 6.10 Å². The topological polar surface area (TPSA) is 35.5 Å². The first-order valence-corrected chi connectivity index (χ1v) is 6.39. The maximum Gasteiger partial charge on any atom is 0.0541 e. The van der Waals surface area contributed by atoms with Gasteiger partial charge in [-0.25, -0.2) is 0 Å². The molecule has 2 saturated heterocycles. The van der Waals surface area contributed by atoms with E-state index < -0.39 is 0 Å². The van der Waals surface area contributed by atoms with Crippen LogP contribution in [0.25, 0.3) is 0 Å². The van der Waals surface area contributed by atoms with Crippen molar-refractivity contribution in [2.45, 2.75) is 44.8 Å². The van der Waals surface area contributed by atoms with Crippen LogP contribution in [0.1, 0.15) is 32.6 Å². The van der Waals surface area contributed by atoms with Crippen LogP contribution in [0.15, 0.2) is 0 Å². The molecule has 15 heavy (non-hydrogen) atoms. The molecule has 3 heteroatoms. The van der Waals surface area contributed by atoms with Crippen LogP contribution in [0, 0.1) is 5.92 Å². The number of piperidine rings is 1. The summed E-state index contributed by atoms with van der Waals surface area (Å²) < 4.78 is 0. The van der Waals surface area contributed by atoms with E-state index in [1.807, 2.05) is 6.92 Å². The lowest BCUT2D eigenvalue weighted by atomic mass is 9.92. The van der Waals surface area contributed by atoms with Gasteiger partial charge in [-0.15, -0.1) is 0 Å². The average Bonchev–Trinajstić information content (AvgIpc) is 2.71. The highest BCUT2D eigenvalue weighted by Gasteiger charge is 2.24. The molecule has 3 nitrogen and oxygen atoms in total. The third-order valence-corrected chi connectivity index (χ3v) is 3.96. The fourth-order valence-corrected chi connectivity index (χ4v) is 2.84. The van der Waals surface area contributed by atoms with Crippen LogP contribution in [0.3, 0.4) is 0 Å². The summed E-state index contributed by atoms with van der Waals surface area (Å²) in [5.74, 6) is 0.540. The Hall–Kier alpha value is -0.120. The van der Waals surface area contributed by atoms with E-state index >= 15 is 0 Å². The number of aliphatic hydroxyl groups excluding tert-OH is 1. The van der Waals surface area contributed by atoms with Crippen molar-refractivity contribution in [2.24, 2.45) is 5.92 Å². The zero-order valence-electron chi connectivity index (χ0n) is 9.78. The Morgan fingerprint density at radius 3 is 2.60 bits per heavy atom. The quantitative estimate of drug-likeness (QED) is 0.727. The Morgan fingerprint density at radius 1 is 1.33 bits per heavy atom. The van der Waals surface area contributed by atoms with Crippen molar-refractivity contribution in [1.82, 2.24) is 10.2 Å². The highest BCUT2D eigenvalue weighted by molar-refractivity contribution is 4.81. The maximum absolute atomic E-state index is 9.52. The molecule has 0 saturated carbocycles. The molecule has 88 valence electrons. The summed E-state index contributed by atoms with van der Waals surface area (Å²) >= 11 is 0. The molecular weight excluding hydrogens is 188 g/mol. The Morgan fingerprint density at radius 2 is 2.07 bits per heavy atom. The van der Waals surface area contributed by atoms with Crippen molar-refractivity contribution in [3.8, 4) is 0 Å². The fourth-order valence-electron chi connectivity index (χ4n) is 2.84. The van der Waals surface area contributed by atoms with E-state index in [1.54, 1.807) is 0 Å². The molecule has 0 aliphatic carbocycles. The van der Waals surface area contributed by atoms with E-state index in [4.69, 9.17) is 0 Å². The van der Waals surface area contributed by atoms with Crippen LogP contribution in [0.4, 0.5) is 0 Å². The normalized spacial score (nSPS) is 32.0. The first kappa shape index (κ1) is 11.4. The molecule has 2 aliphatic rings. The van der Waals surface area contributed by atoms with Gasteiger partial charge in [-0.3, -0.25) is 0 Å². The van der Waals surface area contributed by atoms with Gasteiger partial charge in [0.15, 0.2) is 0 Å². The SMILES string of the molecule is CC(O)C1CCN(CC2CCCN2)CC1. The minimum atomic E-state index is -0.114. The van der Waals surface area contributed by atoms with Crippen molar-refractivity contribution in [3.63, 3.8) is 0 Å².